The number of hydrogen-bond acceptors (Lipinski definition) is 1. The minimum absolute atomic E-state index is 0.258. The summed E-state index contributed by atoms with van der Waals surface area (Å²) < 4.78 is 0. The number of amides is 2. The Kier molecular flexibility index (Phi) is 3.78. The van der Waals surface area contributed by atoms with E-state index in [1.807, 2.05) is 0 Å². The minimum atomic E-state index is -0.258. The largest absolute Gasteiger partial charge is 0.351 e. The maximum absolute atomic E-state index is 11.0. The zero-order valence-electron chi connectivity index (χ0n) is 9.49. The van der Waals surface area contributed by atoms with Crippen LogP contribution in [-0.2, 0) is 0 Å². The van der Waals surface area contributed by atoms with Gasteiger partial charge in [-0.05, 0) is 24.2 Å². The lowest BCUT2D eigenvalue weighted by Gasteiger charge is -2.25. The average molecular weight is 198 g/mol. The number of primary amides is 1. The van der Waals surface area contributed by atoms with Gasteiger partial charge in [-0.3, -0.25) is 0 Å². The Morgan fingerprint density at radius 1 is 1.57 bits per heavy atom. The number of rotatable bonds is 3. The molecule has 2 N–H and O–H groups in total. The molecule has 0 aromatic heterocycles. The van der Waals surface area contributed by atoms with Gasteiger partial charge in [-0.2, -0.15) is 0 Å². The first-order valence-corrected chi connectivity index (χ1v) is 5.60. The van der Waals surface area contributed by atoms with Gasteiger partial charge in [0.2, 0.25) is 0 Å². The SMILES string of the molecule is CCC(C(C)C)C1CCN(C(N)=O)C1. The average Bonchev–Trinajstić information content (AvgIpc) is 2.53. The van der Waals surface area contributed by atoms with Crippen LogP contribution < -0.4 is 5.73 Å². The maximum Gasteiger partial charge on any atom is 0.314 e. The molecular formula is C11H22N2O. The zero-order valence-corrected chi connectivity index (χ0v) is 9.49. The van der Waals surface area contributed by atoms with Gasteiger partial charge < -0.3 is 10.6 Å². The highest BCUT2D eigenvalue weighted by molar-refractivity contribution is 5.72. The molecule has 1 heterocycles. The first-order valence-electron chi connectivity index (χ1n) is 5.60. The van der Waals surface area contributed by atoms with Gasteiger partial charge in [-0.25, -0.2) is 4.79 Å². The normalized spacial score (nSPS) is 24.3. The lowest BCUT2D eigenvalue weighted by atomic mass is 9.81. The van der Waals surface area contributed by atoms with E-state index in [1.165, 1.54) is 6.42 Å². The molecule has 0 aliphatic carbocycles. The first-order chi connectivity index (χ1) is 6.56. The molecule has 0 bridgehead atoms. The molecule has 1 aliphatic rings. The molecule has 3 nitrogen and oxygen atoms in total. The topological polar surface area (TPSA) is 46.3 Å². The van der Waals surface area contributed by atoms with Crippen LogP contribution in [0.3, 0.4) is 0 Å². The third-order valence-electron chi connectivity index (χ3n) is 3.47. The summed E-state index contributed by atoms with van der Waals surface area (Å²) in [6.07, 6.45) is 2.33. The monoisotopic (exact) mass is 198 g/mol. The number of nitrogens with two attached hydrogens (primary N) is 1. The van der Waals surface area contributed by atoms with Crippen LogP contribution in [-0.4, -0.2) is 24.0 Å². The van der Waals surface area contributed by atoms with Crippen LogP contribution in [0.2, 0.25) is 0 Å². The minimum Gasteiger partial charge on any atom is -0.351 e. The Morgan fingerprint density at radius 3 is 2.57 bits per heavy atom. The number of urea groups is 1. The van der Waals surface area contributed by atoms with Gasteiger partial charge in [0.25, 0.3) is 0 Å². The number of nitrogens with zero attached hydrogens (tertiary/aromatic N) is 1. The third kappa shape index (κ3) is 2.40. The Labute approximate surface area is 86.6 Å². The van der Waals surface area contributed by atoms with E-state index < -0.39 is 0 Å². The van der Waals surface area contributed by atoms with E-state index in [0.717, 1.165) is 25.4 Å². The fourth-order valence-corrected chi connectivity index (χ4v) is 2.69. The number of hydrogen-bond donors (Lipinski definition) is 1. The second-order valence-corrected chi connectivity index (χ2v) is 4.65. The maximum atomic E-state index is 11.0. The van der Waals surface area contributed by atoms with Crippen LogP contribution >= 0.6 is 0 Å². The van der Waals surface area contributed by atoms with E-state index in [2.05, 4.69) is 20.8 Å². The molecule has 0 saturated carbocycles. The van der Waals surface area contributed by atoms with Crippen molar-refractivity contribution in [1.29, 1.82) is 0 Å². The predicted octanol–water partition coefficient (Wildman–Crippen LogP) is 2.07. The molecule has 0 spiro atoms. The third-order valence-corrected chi connectivity index (χ3v) is 3.47. The summed E-state index contributed by atoms with van der Waals surface area (Å²) in [5.41, 5.74) is 5.26. The summed E-state index contributed by atoms with van der Waals surface area (Å²) in [6, 6.07) is -0.258. The van der Waals surface area contributed by atoms with Crippen molar-refractivity contribution in [2.75, 3.05) is 13.1 Å². The van der Waals surface area contributed by atoms with E-state index in [-0.39, 0.29) is 6.03 Å². The summed E-state index contributed by atoms with van der Waals surface area (Å²) in [6.45, 7) is 8.48. The Hall–Kier alpha value is -0.730. The van der Waals surface area contributed by atoms with Gasteiger partial charge >= 0.3 is 6.03 Å². The summed E-state index contributed by atoms with van der Waals surface area (Å²) in [7, 11) is 0. The standard InChI is InChI=1S/C11H22N2O/c1-4-10(8(2)3)9-5-6-13(7-9)11(12)14/h8-10H,4-7H2,1-3H3,(H2,12,14). The van der Waals surface area contributed by atoms with Crippen LogP contribution in [0, 0.1) is 17.8 Å². The second-order valence-electron chi connectivity index (χ2n) is 4.65. The first kappa shape index (κ1) is 11.3. The van der Waals surface area contributed by atoms with Gasteiger partial charge in [-0.15, -0.1) is 0 Å². The van der Waals surface area contributed by atoms with E-state index >= 15 is 0 Å². The smallest absolute Gasteiger partial charge is 0.314 e. The van der Waals surface area contributed by atoms with Crippen molar-refractivity contribution in [3.8, 4) is 0 Å². The second kappa shape index (κ2) is 4.67. The summed E-state index contributed by atoms with van der Waals surface area (Å²) in [4.78, 5) is 12.7. The molecule has 2 atom stereocenters. The van der Waals surface area contributed by atoms with Crippen LogP contribution in [0.25, 0.3) is 0 Å². The molecule has 14 heavy (non-hydrogen) atoms. The molecule has 1 saturated heterocycles. The highest BCUT2D eigenvalue weighted by Crippen LogP contribution is 2.31. The molecule has 1 aliphatic heterocycles. The lowest BCUT2D eigenvalue weighted by molar-refractivity contribution is 0.207. The molecule has 0 radical (unpaired) electrons. The molecular weight excluding hydrogens is 176 g/mol. The van der Waals surface area contributed by atoms with E-state index in [0.29, 0.717) is 11.8 Å². The zero-order chi connectivity index (χ0) is 10.7. The van der Waals surface area contributed by atoms with Crippen molar-refractivity contribution in [2.45, 2.75) is 33.6 Å². The fraction of sp³-hybridized carbons (Fsp3) is 0.909. The molecule has 1 rings (SSSR count). The van der Waals surface area contributed by atoms with Crippen LogP contribution in [0.4, 0.5) is 4.79 Å². The molecule has 3 heteroatoms. The predicted molar refractivity (Wildman–Crippen MR) is 57.9 cm³/mol. The van der Waals surface area contributed by atoms with Crippen molar-refractivity contribution < 1.29 is 4.79 Å². The molecule has 0 aromatic carbocycles. The quantitative estimate of drug-likeness (QED) is 0.741. The highest BCUT2D eigenvalue weighted by Gasteiger charge is 2.31. The van der Waals surface area contributed by atoms with Gasteiger partial charge in [0, 0.05) is 13.1 Å². The van der Waals surface area contributed by atoms with Crippen LogP contribution in [0.1, 0.15) is 33.6 Å². The van der Waals surface area contributed by atoms with E-state index in [1.54, 1.807) is 4.90 Å². The highest BCUT2D eigenvalue weighted by atomic mass is 16.2. The fourth-order valence-electron chi connectivity index (χ4n) is 2.69. The number of carbonyl (C=O) groups excluding carboxylic acids is 1. The Bertz CT molecular complexity index is 203. The van der Waals surface area contributed by atoms with Crippen molar-refractivity contribution >= 4 is 6.03 Å². The Morgan fingerprint density at radius 2 is 2.21 bits per heavy atom. The van der Waals surface area contributed by atoms with Gasteiger partial charge in [0.15, 0.2) is 0 Å². The molecule has 0 aromatic rings. The summed E-state index contributed by atoms with van der Waals surface area (Å²) in [5, 5.41) is 0. The van der Waals surface area contributed by atoms with Crippen LogP contribution in [0.5, 0.6) is 0 Å². The van der Waals surface area contributed by atoms with Crippen molar-refractivity contribution in [3.63, 3.8) is 0 Å². The van der Waals surface area contributed by atoms with Crippen LogP contribution in [0.15, 0.2) is 0 Å². The molecule has 1 fully saturated rings. The van der Waals surface area contributed by atoms with Crippen molar-refractivity contribution in [2.24, 2.45) is 23.5 Å². The molecule has 2 amide bonds. The van der Waals surface area contributed by atoms with Gasteiger partial charge in [0.05, 0.1) is 0 Å². The number of likely N-dealkylation sites (tertiary alicyclic amines) is 1. The number of carbonyl (C=O) groups is 1. The summed E-state index contributed by atoms with van der Waals surface area (Å²) in [5.74, 6) is 2.10. The van der Waals surface area contributed by atoms with Gasteiger partial charge in [-0.1, -0.05) is 27.2 Å². The summed E-state index contributed by atoms with van der Waals surface area (Å²) >= 11 is 0. The van der Waals surface area contributed by atoms with Gasteiger partial charge in [0.1, 0.15) is 0 Å². The van der Waals surface area contributed by atoms with E-state index in [4.69, 9.17) is 5.73 Å². The van der Waals surface area contributed by atoms with Crippen molar-refractivity contribution in [3.05, 3.63) is 0 Å². The van der Waals surface area contributed by atoms with Crippen molar-refractivity contribution in [1.82, 2.24) is 4.90 Å². The lowest BCUT2D eigenvalue weighted by Crippen LogP contribution is -2.34. The Balaban J connectivity index is 2.51. The molecule has 82 valence electrons. The van der Waals surface area contributed by atoms with E-state index in [9.17, 15) is 4.79 Å². The molecule has 2 unspecified atom stereocenters.